The fourth-order valence-corrected chi connectivity index (χ4v) is 1.47. The predicted octanol–water partition coefficient (Wildman–Crippen LogP) is 0.162. The molecule has 1 rings (SSSR count). The summed E-state index contributed by atoms with van der Waals surface area (Å²) in [7, 11) is 1.87. The molecular weight excluding hydrogens is 220 g/mol. The van der Waals surface area contributed by atoms with Crippen molar-refractivity contribution >= 4 is 5.84 Å². The highest BCUT2D eigenvalue weighted by Crippen LogP contribution is 2.05. The minimum absolute atomic E-state index is 0.244. The zero-order valence-corrected chi connectivity index (χ0v) is 10.5. The molecule has 0 aromatic carbocycles. The van der Waals surface area contributed by atoms with E-state index in [1.165, 1.54) is 6.33 Å². The third-order valence-corrected chi connectivity index (χ3v) is 2.66. The monoisotopic (exact) mass is 240 g/mol. The third kappa shape index (κ3) is 4.03. The van der Waals surface area contributed by atoms with Crippen LogP contribution in [0.15, 0.2) is 11.5 Å². The van der Waals surface area contributed by atoms with Crippen molar-refractivity contribution in [2.24, 2.45) is 17.9 Å². The molecule has 7 heteroatoms. The van der Waals surface area contributed by atoms with Crippen LogP contribution in [0, 0.1) is 0 Å². The highest BCUT2D eigenvalue weighted by Gasteiger charge is 2.13. The van der Waals surface area contributed by atoms with E-state index in [1.54, 1.807) is 4.68 Å². The molecule has 0 fully saturated rings. The minimum Gasteiger partial charge on any atom is -0.409 e. The average molecular weight is 240 g/mol. The first kappa shape index (κ1) is 13.4. The van der Waals surface area contributed by atoms with Gasteiger partial charge < -0.3 is 10.9 Å². The molecule has 0 bridgehead atoms. The van der Waals surface area contributed by atoms with Crippen LogP contribution < -0.4 is 5.73 Å². The topological polar surface area (TPSA) is 92.6 Å². The van der Waals surface area contributed by atoms with Crippen molar-refractivity contribution in [3.05, 3.63) is 12.2 Å². The van der Waals surface area contributed by atoms with Crippen molar-refractivity contribution < 1.29 is 5.21 Å². The number of amidine groups is 1. The second kappa shape index (κ2) is 6.19. The van der Waals surface area contributed by atoms with Crippen LogP contribution in [-0.2, 0) is 13.6 Å². The lowest BCUT2D eigenvalue weighted by atomic mass is 10.2. The quantitative estimate of drug-likeness (QED) is 0.320. The van der Waals surface area contributed by atoms with Crippen LogP contribution in [0.25, 0.3) is 0 Å². The number of nitrogens with zero attached hydrogens (tertiary/aromatic N) is 5. The molecule has 17 heavy (non-hydrogen) atoms. The summed E-state index contributed by atoms with van der Waals surface area (Å²) in [4.78, 5) is 6.38. The molecule has 0 radical (unpaired) electrons. The van der Waals surface area contributed by atoms with Gasteiger partial charge in [-0.05, 0) is 13.8 Å². The van der Waals surface area contributed by atoms with Crippen molar-refractivity contribution in [2.75, 3.05) is 6.54 Å². The van der Waals surface area contributed by atoms with Gasteiger partial charge in [-0.1, -0.05) is 5.16 Å². The highest BCUT2D eigenvalue weighted by atomic mass is 16.4. The molecule has 1 heterocycles. The van der Waals surface area contributed by atoms with Crippen LogP contribution >= 0.6 is 0 Å². The largest absolute Gasteiger partial charge is 0.409 e. The van der Waals surface area contributed by atoms with Gasteiger partial charge in [-0.25, -0.2) is 4.98 Å². The van der Waals surface area contributed by atoms with E-state index in [2.05, 4.69) is 34.0 Å². The first-order valence-electron chi connectivity index (χ1n) is 5.58. The molecule has 0 saturated carbocycles. The van der Waals surface area contributed by atoms with E-state index in [4.69, 9.17) is 10.9 Å². The van der Waals surface area contributed by atoms with Gasteiger partial charge in [0.2, 0.25) is 0 Å². The van der Waals surface area contributed by atoms with E-state index in [9.17, 15) is 0 Å². The molecule has 1 aromatic rings. The summed E-state index contributed by atoms with van der Waals surface area (Å²) in [5, 5.41) is 15.5. The number of oxime groups is 1. The van der Waals surface area contributed by atoms with Crippen LogP contribution in [0.5, 0.6) is 0 Å². The number of aryl methyl sites for hydroxylation is 1. The maximum Gasteiger partial charge on any atom is 0.140 e. The molecular formula is C10H20N6O. The van der Waals surface area contributed by atoms with Gasteiger partial charge >= 0.3 is 0 Å². The van der Waals surface area contributed by atoms with E-state index >= 15 is 0 Å². The Kier molecular flexibility index (Phi) is 4.89. The summed E-state index contributed by atoms with van der Waals surface area (Å²) in [6.07, 6.45) is 2.07. The Morgan fingerprint density at radius 2 is 2.35 bits per heavy atom. The summed E-state index contributed by atoms with van der Waals surface area (Å²) in [5.74, 6) is 1.15. The normalized spacial score (nSPS) is 12.6. The molecule has 0 amide bonds. The Bertz CT molecular complexity index is 373. The smallest absolute Gasteiger partial charge is 0.140 e. The second-order valence-corrected chi connectivity index (χ2v) is 4.21. The molecule has 96 valence electrons. The van der Waals surface area contributed by atoms with Gasteiger partial charge in [0.1, 0.15) is 18.0 Å². The van der Waals surface area contributed by atoms with Gasteiger partial charge in [-0.2, -0.15) is 5.10 Å². The first-order chi connectivity index (χ1) is 8.04. The Labute approximate surface area is 101 Å². The molecule has 0 aliphatic carbocycles. The Morgan fingerprint density at radius 3 is 2.82 bits per heavy atom. The molecule has 0 spiro atoms. The molecule has 1 aromatic heterocycles. The lowest BCUT2D eigenvalue weighted by Crippen LogP contribution is -2.34. The molecule has 0 saturated heterocycles. The standard InChI is InChI=1S/C10H20N6O/c1-8(2)16(5-4-9(11)14-17)6-10-12-7-13-15(10)3/h7-8,17H,4-6H2,1-3H3,(H2,11,14). The summed E-state index contributed by atoms with van der Waals surface area (Å²) in [6, 6.07) is 0.359. The zero-order chi connectivity index (χ0) is 12.8. The van der Waals surface area contributed by atoms with Crippen LogP contribution in [0.3, 0.4) is 0 Å². The summed E-state index contributed by atoms with van der Waals surface area (Å²) in [6.45, 7) is 5.62. The maximum atomic E-state index is 8.51. The summed E-state index contributed by atoms with van der Waals surface area (Å²) < 4.78 is 1.75. The van der Waals surface area contributed by atoms with E-state index in [0.717, 1.165) is 12.4 Å². The Balaban J connectivity index is 2.58. The van der Waals surface area contributed by atoms with Crippen LogP contribution in [0.4, 0.5) is 0 Å². The van der Waals surface area contributed by atoms with Crippen LogP contribution in [-0.4, -0.2) is 43.3 Å². The van der Waals surface area contributed by atoms with Crippen LogP contribution in [0.1, 0.15) is 26.1 Å². The van der Waals surface area contributed by atoms with Crippen molar-refractivity contribution in [1.29, 1.82) is 0 Å². The van der Waals surface area contributed by atoms with Crippen molar-refractivity contribution in [2.45, 2.75) is 32.9 Å². The van der Waals surface area contributed by atoms with E-state index in [-0.39, 0.29) is 5.84 Å². The molecule has 0 aliphatic heterocycles. The number of nitrogens with two attached hydrogens (primary N) is 1. The third-order valence-electron chi connectivity index (χ3n) is 2.66. The Morgan fingerprint density at radius 1 is 1.65 bits per heavy atom. The van der Waals surface area contributed by atoms with Gasteiger partial charge in [-0.3, -0.25) is 9.58 Å². The number of hydrogen-bond donors (Lipinski definition) is 2. The highest BCUT2D eigenvalue weighted by molar-refractivity contribution is 5.79. The van der Waals surface area contributed by atoms with Gasteiger partial charge in [0.05, 0.1) is 6.54 Å². The van der Waals surface area contributed by atoms with Gasteiger partial charge in [0.25, 0.3) is 0 Å². The lowest BCUT2D eigenvalue weighted by Gasteiger charge is -2.25. The summed E-state index contributed by atoms with van der Waals surface area (Å²) >= 11 is 0. The number of aromatic nitrogens is 3. The van der Waals surface area contributed by atoms with Gasteiger partial charge in [-0.15, -0.1) is 0 Å². The zero-order valence-electron chi connectivity index (χ0n) is 10.5. The number of rotatable bonds is 6. The van der Waals surface area contributed by atoms with E-state index in [0.29, 0.717) is 19.0 Å². The van der Waals surface area contributed by atoms with Crippen molar-refractivity contribution in [3.8, 4) is 0 Å². The fourth-order valence-electron chi connectivity index (χ4n) is 1.47. The summed E-state index contributed by atoms with van der Waals surface area (Å²) in [5.41, 5.74) is 5.46. The van der Waals surface area contributed by atoms with Gasteiger partial charge in [0.15, 0.2) is 0 Å². The van der Waals surface area contributed by atoms with Crippen LogP contribution in [0.2, 0.25) is 0 Å². The molecule has 0 aliphatic rings. The molecule has 0 unspecified atom stereocenters. The molecule has 3 N–H and O–H groups in total. The predicted molar refractivity (Wildman–Crippen MR) is 64.6 cm³/mol. The molecule has 7 nitrogen and oxygen atoms in total. The number of hydrogen-bond acceptors (Lipinski definition) is 5. The first-order valence-corrected chi connectivity index (χ1v) is 5.58. The molecule has 0 atom stereocenters. The Hall–Kier alpha value is -1.63. The average Bonchev–Trinajstić information content (AvgIpc) is 2.69. The van der Waals surface area contributed by atoms with E-state index < -0.39 is 0 Å². The van der Waals surface area contributed by atoms with Crippen molar-refractivity contribution in [3.63, 3.8) is 0 Å². The SMILES string of the molecule is CC(C)N(CCC(N)=NO)Cc1ncnn1C. The lowest BCUT2D eigenvalue weighted by molar-refractivity contribution is 0.209. The second-order valence-electron chi connectivity index (χ2n) is 4.21. The van der Waals surface area contributed by atoms with Crippen molar-refractivity contribution in [1.82, 2.24) is 19.7 Å². The maximum absolute atomic E-state index is 8.51. The van der Waals surface area contributed by atoms with E-state index in [1.807, 2.05) is 7.05 Å². The minimum atomic E-state index is 0.244. The fraction of sp³-hybridized carbons (Fsp3) is 0.700. The van der Waals surface area contributed by atoms with Gasteiger partial charge in [0, 0.05) is 26.1 Å².